The molecular weight excluding hydrogens is 521 g/mol. The molecule has 0 spiro atoms. The van der Waals surface area contributed by atoms with E-state index in [2.05, 4.69) is 10.6 Å². The number of rotatable bonds is 10. The number of nitrogens with one attached hydrogen (secondary N) is 2. The molecule has 5 rings (SSSR count). The Morgan fingerprint density at radius 1 is 1.10 bits per heavy atom. The summed E-state index contributed by atoms with van der Waals surface area (Å²) in [6.07, 6.45) is 3.32. The van der Waals surface area contributed by atoms with Crippen molar-refractivity contribution in [3.8, 4) is 5.69 Å². The summed E-state index contributed by atoms with van der Waals surface area (Å²) in [5.74, 6) is -0.439. The van der Waals surface area contributed by atoms with Crippen LogP contribution in [0.3, 0.4) is 0 Å². The lowest BCUT2D eigenvalue weighted by atomic mass is 10.0. The monoisotopic (exact) mass is 551 g/mol. The number of fused-ring (bicyclic) bond motifs is 1. The minimum atomic E-state index is -3.62. The van der Waals surface area contributed by atoms with Gasteiger partial charge in [-0.3, -0.25) is 9.10 Å². The number of hydrogen-bond acceptors (Lipinski definition) is 6. The van der Waals surface area contributed by atoms with Crippen LogP contribution < -0.4 is 14.9 Å². The van der Waals surface area contributed by atoms with Crippen LogP contribution in [0.25, 0.3) is 16.6 Å². The average molecular weight is 552 g/mol. The predicted molar refractivity (Wildman–Crippen MR) is 150 cm³/mol. The number of aromatic nitrogens is 2. The molecule has 0 radical (unpaired) electrons. The zero-order valence-corrected chi connectivity index (χ0v) is 22.5. The summed E-state index contributed by atoms with van der Waals surface area (Å²) in [6, 6.07) is 17.0. The Morgan fingerprint density at radius 3 is 2.31 bits per heavy atom. The molecule has 1 fully saturated rings. The molecule has 1 aromatic heterocycles. The third-order valence-corrected chi connectivity index (χ3v) is 7.89. The van der Waals surface area contributed by atoms with Gasteiger partial charge in [-0.2, -0.15) is 5.10 Å². The minimum absolute atomic E-state index is 0.130. The van der Waals surface area contributed by atoms with Gasteiger partial charge in [0.2, 0.25) is 10.0 Å². The van der Waals surface area contributed by atoms with E-state index in [1.165, 1.54) is 16.4 Å². The predicted octanol–water partition coefficient (Wildman–Crippen LogP) is 4.29. The highest BCUT2D eigenvalue weighted by atomic mass is 32.2. The van der Waals surface area contributed by atoms with Gasteiger partial charge in [0.1, 0.15) is 11.5 Å². The largest absolute Gasteiger partial charge is 0.396 e. The highest BCUT2D eigenvalue weighted by molar-refractivity contribution is 7.92. The summed E-state index contributed by atoms with van der Waals surface area (Å²) in [7, 11) is -2.06. The first-order valence-corrected chi connectivity index (χ1v) is 14.5. The molecule has 0 bridgehead atoms. The second-order valence-corrected chi connectivity index (χ2v) is 11.5. The smallest absolute Gasteiger partial charge is 0.270 e. The highest BCUT2D eigenvalue weighted by Crippen LogP contribution is 2.46. The maximum Gasteiger partial charge on any atom is 0.270 e. The van der Waals surface area contributed by atoms with Crippen LogP contribution in [0.2, 0.25) is 0 Å². The topological polar surface area (TPSA) is 117 Å². The van der Waals surface area contributed by atoms with Crippen molar-refractivity contribution in [1.29, 1.82) is 0 Å². The summed E-state index contributed by atoms with van der Waals surface area (Å²) < 4.78 is 41.6. The number of carbonyl (C=O) groups is 1. The number of halogens is 1. The fourth-order valence-electron chi connectivity index (χ4n) is 4.66. The van der Waals surface area contributed by atoms with E-state index < -0.39 is 10.0 Å². The molecule has 1 aliphatic rings. The zero-order chi connectivity index (χ0) is 27.7. The van der Waals surface area contributed by atoms with E-state index in [0.717, 1.165) is 36.0 Å². The third kappa shape index (κ3) is 5.59. The second-order valence-electron chi connectivity index (χ2n) is 9.63. The first kappa shape index (κ1) is 26.6. The summed E-state index contributed by atoms with van der Waals surface area (Å²) in [4.78, 5) is 13.1. The van der Waals surface area contributed by atoms with Gasteiger partial charge < -0.3 is 15.7 Å². The van der Waals surface area contributed by atoms with E-state index in [4.69, 9.17) is 5.10 Å². The normalized spacial score (nSPS) is 13.4. The van der Waals surface area contributed by atoms with Crippen LogP contribution in [-0.2, 0) is 10.0 Å². The van der Waals surface area contributed by atoms with Crippen molar-refractivity contribution in [1.82, 2.24) is 15.1 Å². The number of amides is 1. The Hall–Kier alpha value is -3.96. The highest BCUT2D eigenvalue weighted by Gasteiger charge is 2.32. The fourth-order valence-corrected chi connectivity index (χ4v) is 5.64. The van der Waals surface area contributed by atoms with Gasteiger partial charge in [-0.15, -0.1) is 0 Å². The number of sulfonamides is 1. The Balaban J connectivity index is 1.60. The summed E-state index contributed by atoms with van der Waals surface area (Å²) >= 11 is 0. The van der Waals surface area contributed by atoms with Gasteiger partial charge >= 0.3 is 0 Å². The molecule has 11 heteroatoms. The summed E-state index contributed by atoms with van der Waals surface area (Å²) in [5.41, 5.74) is 4.37. The molecule has 0 atom stereocenters. The maximum atomic E-state index is 13.2. The van der Waals surface area contributed by atoms with Gasteiger partial charge in [-0.25, -0.2) is 17.5 Å². The minimum Gasteiger partial charge on any atom is -0.396 e. The van der Waals surface area contributed by atoms with Crippen molar-refractivity contribution in [3.05, 3.63) is 77.7 Å². The number of aliphatic hydroxyl groups is 1. The van der Waals surface area contributed by atoms with Crippen LogP contribution in [-0.4, -0.2) is 55.7 Å². The molecule has 1 aliphatic carbocycles. The van der Waals surface area contributed by atoms with Crippen molar-refractivity contribution < 1.29 is 22.7 Å². The molecular formula is C28H30FN5O4S. The average Bonchev–Trinajstić information content (AvgIpc) is 3.69. The van der Waals surface area contributed by atoms with Crippen molar-refractivity contribution >= 4 is 43.9 Å². The number of aliphatic hydroxyl groups excluding tert-OH is 1. The van der Waals surface area contributed by atoms with Gasteiger partial charge in [-0.1, -0.05) is 0 Å². The van der Waals surface area contributed by atoms with E-state index in [-0.39, 0.29) is 30.8 Å². The standard InChI is InChI=1S/C28H30FN5O4S/c1-30-28(36)27-24-16-23(18-4-5-18)26(33(14-3-15-35)39(2,37)38)17-25(24)32-34(27)22-12-10-21(11-13-22)31-20-8-6-19(29)7-9-20/h6-13,16-18,31,35H,3-5,14-15H2,1-2H3,(H,30,36). The van der Waals surface area contributed by atoms with E-state index in [0.29, 0.717) is 34.4 Å². The molecule has 39 heavy (non-hydrogen) atoms. The van der Waals surface area contributed by atoms with Crippen molar-refractivity contribution in [2.75, 3.05) is 36.1 Å². The maximum absolute atomic E-state index is 13.2. The van der Waals surface area contributed by atoms with Crippen molar-refractivity contribution in [2.24, 2.45) is 0 Å². The molecule has 0 saturated heterocycles. The fraction of sp³-hybridized carbons (Fsp3) is 0.286. The zero-order valence-electron chi connectivity index (χ0n) is 21.7. The van der Waals surface area contributed by atoms with Gasteiger partial charge in [0.05, 0.1) is 23.1 Å². The van der Waals surface area contributed by atoms with Crippen molar-refractivity contribution in [2.45, 2.75) is 25.2 Å². The number of nitrogens with zero attached hydrogens (tertiary/aromatic N) is 3. The number of carbonyl (C=O) groups excluding carboxylic acids is 1. The van der Waals surface area contributed by atoms with E-state index >= 15 is 0 Å². The van der Waals surface area contributed by atoms with Crippen LogP contribution in [0.4, 0.5) is 21.5 Å². The molecule has 3 aromatic carbocycles. The van der Waals surface area contributed by atoms with Crippen LogP contribution in [0.5, 0.6) is 0 Å². The summed E-state index contributed by atoms with van der Waals surface area (Å²) in [5, 5.41) is 20.6. The number of hydrogen-bond donors (Lipinski definition) is 3. The van der Waals surface area contributed by atoms with E-state index in [9.17, 15) is 22.7 Å². The Labute approximate surface area is 226 Å². The van der Waals surface area contributed by atoms with Crippen LogP contribution in [0.15, 0.2) is 60.7 Å². The molecule has 1 amide bonds. The molecule has 0 aliphatic heterocycles. The molecule has 1 heterocycles. The summed E-state index contributed by atoms with van der Waals surface area (Å²) in [6.45, 7) is 0.0145. The van der Waals surface area contributed by atoms with Crippen LogP contribution in [0.1, 0.15) is 41.2 Å². The van der Waals surface area contributed by atoms with E-state index in [1.807, 2.05) is 30.3 Å². The molecule has 0 unspecified atom stereocenters. The SMILES string of the molecule is CNC(=O)c1c2cc(C3CC3)c(N(CCCO)S(C)(=O)=O)cc2nn1-c1ccc(Nc2ccc(F)cc2)cc1. The van der Waals surface area contributed by atoms with Crippen LogP contribution >= 0.6 is 0 Å². The number of anilines is 3. The molecule has 1 saturated carbocycles. The van der Waals surface area contributed by atoms with Gasteiger partial charge in [0, 0.05) is 37.0 Å². The van der Waals surface area contributed by atoms with Crippen LogP contribution in [0, 0.1) is 5.82 Å². The first-order chi connectivity index (χ1) is 18.7. The Morgan fingerprint density at radius 2 is 1.74 bits per heavy atom. The van der Waals surface area contributed by atoms with Crippen molar-refractivity contribution in [3.63, 3.8) is 0 Å². The second kappa shape index (κ2) is 10.7. The molecule has 9 nitrogen and oxygen atoms in total. The molecule has 4 aromatic rings. The van der Waals surface area contributed by atoms with Gasteiger partial charge in [0.25, 0.3) is 5.91 Å². The Bertz CT molecular complexity index is 1610. The first-order valence-electron chi connectivity index (χ1n) is 12.7. The van der Waals surface area contributed by atoms with Gasteiger partial charge in [0.15, 0.2) is 0 Å². The molecule has 204 valence electrons. The lowest BCUT2D eigenvalue weighted by molar-refractivity contribution is 0.0957. The molecule has 3 N–H and O–H groups in total. The van der Waals surface area contributed by atoms with E-state index in [1.54, 1.807) is 29.9 Å². The Kier molecular flexibility index (Phi) is 7.28. The lowest BCUT2D eigenvalue weighted by Crippen LogP contribution is -2.32. The van der Waals surface area contributed by atoms with Gasteiger partial charge in [-0.05, 0) is 91.4 Å². The lowest BCUT2D eigenvalue weighted by Gasteiger charge is -2.25. The quantitative estimate of drug-likeness (QED) is 0.271. The third-order valence-electron chi connectivity index (χ3n) is 6.71. The number of benzene rings is 3.